The second-order valence-electron chi connectivity index (χ2n) is 3.52. The topological polar surface area (TPSA) is 42.2 Å². The van der Waals surface area contributed by atoms with Gasteiger partial charge >= 0.3 is 0 Å². The summed E-state index contributed by atoms with van der Waals surface area (Å²) in [5, 5.41) is 3.16. The molecule has 0 atom stereocenters. The number of aromatic nitrogens is 1. The molecule has 0 aromatic carbocycles. The van der Waals surface area contributed by atoms with Gasteiger partial charge in [0.1, 0.15) is 0 Å². The minimum Gasteiger partial charge on any atom is -0.348 e. The van der Waals surface area contributed by atoms with Crippen LogP contribution in [0.25, 0.3) is 0 Å². The van der Waals surface area contributed by atoms with Gasteiger partial charge < -0.3 is 10.6 Å². The van der Waals surface area contributed by atoms with Crippen molar-refractivity contribution in [3.8, 4) is 0 Å². The van der Waals surface area contributed by atoms with Gasteiger partial charge in [0.15, 0.2) is 5.13 Å². The Morgan fingerprint density at radius 2 is 2.46 bits per heavy atom. The standard InChI is InChI=1S/C9H15N3S/c1-12(8-3-2-4-8)9-11-7(5-10)6-13-9/h6,8H,2-5,10H2,1H3. The summed E-state index contributed by atoms with van der Waals surface area (Å²) in [6.45, 7) is 0.551. The summed E-state index contributed by atoms with van der Waals surface area (Å²) in [5.74, 6) is 0. The van der Waals surface area contributed by atoms with Crippen LogP contribution in [0, 0.1) is 0 Å². The molecule has 0 radical (unpaired) electrons. The van der Waals surface area contributed by atoms with E-state index in [0.29, 0.717) is 6.54 Å². The van der Waals surface area contributed by atoms with Gasteiger partial charge in [-0.1, -0.05) is 0 Å². The van der Waals surface area contributed by atoms with E-state index in [9.17, 15) is 0 Å². The molecule has 1 aromatic heterocycles. The van der Waals surface area contributed by atoms with Gasteiger partial charge in [-0.15, -0.1) is 11.3 Å². The second-order valence-corrected chi connectivity index (χ2v) is 4.36. The highest BCUT2D eigenvalue weighted by atomic mass is 32.1. The number of nitrogens with zero attached hydrogens (tertiary/aromatic N) is 2. The van der Waals surface area contributed by atoms with E-state index in [1.165, 1.54) is 19.3 Å². The molecule has 0 saturated heterocycles. The molecule has 13 heavy (non-hydrogen) atoms. The molecule has 72 valence electrons. The van der Waals surface area contributed by atoms with Crippen molar-refractivity contribution in [3.05, 3.63) is 11.1 Å². The number of anilines is 1. The Morgan fingerprint density at radius 1 is 1.69 bits per heavy atom. The Labute approximate surface area is 82.6 Å². The van der Waals surface area contributed by atoms with Crippen molar-refractivity contribution in [2.24, 2.45) is 5.73 Å². The lowest BCUT2D eigenvalue weighted by atomic mass is 9.92. The van der Waals surface area contributed by atoms with Crippen molar-refractivity contribution in [3.63, 3.8) is 0 Å². The molecule has 2 N–H and O–H groups in total. The summed E-state index contributed by atoms with van der Waals surface area (Å²) in [4.78, 5) is 6.74. The summed E-state index contributed by atoms with van der Waals surface area (Å²) in [5.41, 5.74) is 6.52. The zero-order valence-electron chi connectivity index (χ0n) is 7.86. The highest BCUT2D eigenvalue weighted by molar-refractivity contribution is 7.13. The molecule has 1 aliphatic carbocycles. The van der Waals surface area contributed by atoms with Crippen molar-refractivity contribution >= 4 is 16.5 Å². The van der Waals surface area contributed by atoms with Crippen LogP contribution < -0.4 is 10.6 Å². The monoisotopic (exact) mass is 197 g/mol. The van der Waals surface area contributed by atoms with E-state index in [0.717, 1.165) is 16.9 Å². The average Bonchev–Trinajstić information content (AvgIpc) is 2.48. The summed E-state index contributed by atoms with van der Waals surface area (Å²) in [7, 11) is 2.13. The van der Waals surface area contributed by atoms with Crippen LogP contribution in [0.3, 0.4) is 0 Å². The maximum absolute atomic E-state index is 5.51. The third kappa shape index (κ3) is 1.69. The fourth-order valence-corrected chi connectivity index (χ4v) is 2.36. The third-order valence-electron chi connectivity index (χ3n) is 2.67. The molecule has 0 bridgehead atoms. The number of thiazole rings is 1. The van der Waals surface area contributed by atoms with Gasteiger partial charge in [-0.25, -0.2) is 4.98 Å². The Kier molecular flexibility index (Phi) is 2.51. The number of nitrogens with two attached hydrogens (primary N) is 1. The zero-order valence-corrected chi connectivity index (χ0v) is 8.68. The first-order valence-corrected chi connectivity index (χ1v) is 5.56. The Morgan fingerprint density at radius 3 is 2.92 bits per heavy atom. The van der Waals surface area contributed by atoms with Crippen LogP contribution >= 0.6 is 11.3 Å². The van der Waals surface area contributed by atoms with Crippen LogP contribution in [-0.2, 0) is 6.54 Å². The van der Waals surface area contributed by atoms with Gasteiger partial charge in [0, 0.05) is 25.0 Å². The molecule has 1 heterocycles. The van der Waals surface area contributed by atoms with Gasteiger partial charge in [0.25, 0.3) is 0 Å². The molecule has 1 fully saturated rings. The molecule has 1 aliphatic rings. The largest absolute Gasteiger partial charge is 0.348 e. The SMILES string of the molecule is CN(c1nc(CN)cs1)C1CCC1. The minimum atomic E-state index is 0.551. The van der Waals surface area contributed by atoms with E-state index in [4.69, 9.17) is 5.73 Å². The summed E-state index contributed by atoms with van der Waals surface area (Å²) >= 11 is 1.69. The van der Waals surface area contributed by atoms with Gasteiger partial charge in [0.05, 0.1) is 5.69 Å². The van der Waals surface area contributed by atoms with E-state index in [1.54, 1.807) is 11.3 Å². The number of rotatable bonds is 3. The molecular weight excluding hydrogens is 182 g/mol. The summed E-state index contributed by atoms with van der Waals surface area (Å²) < 4.78 is 0. The second kappa shape index (κ2) is 3.64. The highest BCUT2D eigenvalue weighted by Crippen LogP contribution is 2.29. The molecule has 0 amide bonds. The van der Waals surface area contributed by atoms with Crippen molar-refractivity contribution < 1.29 is 0 Å². The highest BCUT2D eigenvalue weighted by Gasteiger charge is 2.23. The van der Waals surface area contributed by atoms with Crippen LogP contribution in [0.4, 0.5) is 5.13 Å². The van der Waals surface area contributed by atoms with Gasteiger partial charge in [-0.05, 0) is 19.3 Å². The maximum atomic E-state index is 5.51. The van der Waals surface area contributed by atoms with Crippen LogP contribution in [0.5, 0.6) is 0 Å². The van der Waals surface area contributed by atoms with Gasteiger partial charge in [0.2, 0.25) is 0 Å². The fraction of sp³-hybridized carbons (Fsp3) is 0.667. The lowest BCUT2D eigenvalue weighted by Gasteiger charge is -2.34. The van der Waals surface area contributed by atoms with Crippen molar-refractivity contribution in [1.82, 2.24) is 4.98 Å². The number of hydrogen-bond donors (Lipinski definition) is 1. The van der Waals surface area contributed by atoms with Crippen LogP contribution in [-0.4, -0.2) is 18.1 Å². The first-order valence-electron chi connectivity index (χ1n) is 4.68. The van der Waals surface area contributed by atoms with Crippen molar-refractivity contribution in [1.29, 1.82) is 0 Å². The first kappa shape index (κ1) is 8.97. The summed E-state index contributed by atoms with van der Waals surface area (Å²) in [6.07, 6.45) is 3.99. The third-order valence-corrected chi connectivity index (χ3v) is 3.65. The van der Waals surface area contributed by atoms with E-state index in [1.807, 2.05) is 5.38 Å². The molecule has 0 aliphatic heterocycles. The average molecular weight is 197 g/mol. The predicted molar refractivity (Wildman–Crippen MR) is 56.0 cm³/mol. The zero-order chi connectivity index (χ0) is 9.26. The quantitative estimate of drug-likeness (QED) is 0.800. The Balaban J connectivity index is 2.05. The molecule has 0 unspecified atom stereocenters. The van der Waals surface area contributed by atoms with Gasteiger partial charge in [-0.2, -0.15) is 0 Å². The molecule has 1 aromatic rings. The van der Waals surface area contributed by atoms with E-state index in [2.05, 4.69) is 16.9 Å². The maximum Gasteiger partial charge on any atom is 0.185 e. The predicted octanol–water partition coefficient (Wildman–Crippen LogP) is 1.59. The lowest BCUT2D eigenvalue weighted by Crippen LogP contribution is -2.37. The fourth-order valence-electron chi connectivity index (χ4n) is 1.48. The number of hydrogen-bond acceptors (Lipinski definition) is 4. The molecule has 1 saturated carbocycles. The lowest BCUT2D eigenvalue weighted by molar-refractivity contribution is 0.401. The molecular formula is C9H15N3S. The van der Waals surface area contributed by atoms with Crippen LogP contribution in [0.15, 0.2) is 5.38 Å². The van der Waals surface area contributed by atoms with Crippen LogP contribution in [0.1, 0.15) is 25.0 Å². The van der Waals surface area contributed by atoms with E-state index in [-0.39, 0.29) is 0 Å². The van der Waals surface area contributed by atoms with E-state index >= 15 is 0 Å². The molecule has 0 spiro atoms. The van der Waals surface area contributed by atoms with Crippen molar-refractivity contribution in [2.75, 3.05) is 11.9 Å². The van der Waals surface area contributed by atoms with E-state index < -0.39 is 0 Å². The molecule has 2 rings (SSSR count). The molecule has 3 nitrogen and oxygen atoms in total. The minimum absolute atomic E-state index is 0.551. The summed E-state index contributed by atoms with van der Waals surface area (Å²) in [6, 6.07) is 0.719. The normalized spacial score (nSPS) is 17.1. The van der Waals surface area contributed by atoms with Crippen LogP contribution in [0.2, 0.25) is 0 Å². The molecule has 4 heteroatoms. The smallest absolute Gasteiger partial charge is 0.185 e. The first-order chi connectivity index (χ1) is 6.31. The Bertz CT molecular complexity index is 280. The van der Waals surface area contributed by atoms with Crippen molar-refractivity contribution in [2.45, 2.75) is 31.8 Å². The Hall–Kier alpha value is -0.610. The van der Waals surface area contributed by atoms with Gasteiger partial charge in [-0.3, -0.25) is 0 Å².